The summed E-state index contributed by atoms with van der Waals surface area (Å²) in [6.45, 7) is 0. The molecular weight excluding hydrogens is 304 g/mol. The molecular formula is C11H11BrN2O2S. The van der Waals surface area contributed by atoms with E-state index in [1.807, 2.05) is 12.1 Å². The second kappa shape index (κ2) is 4.93. The van der Waals surface area contributed by atoms with Gasteiger partial charge in [-0.05, 0) is 28.1 Å². The highest BCUT2D eigenvalue weighted by Crippen LogP contribution is 2.40. The van der Waals surface area contributed by atoms with Gasteiger partial charge in [-0.2, -0.15) is 0 Å². The normalized spacial score (nSPS) is 10.3. The molecule has 1 aromatic heterocycles. The summed E-state index contributed by atoms with van der Waals surface area (Å²) in [5.41, 5.74) is 6.61. The van der Waals surface area contributed by atoms with Gasteiger partial charge in [-0.3, -0.25) is 0 Å². The Hall–Kier alpha value is -1.27. The van der Waals surface area contributed by atoms with Crippen molar-refractivity contribution in [1.29, 1.82) is 0 Å². The summed E-state index contributed by atoms with van der Waals surface area (Å²) in [6, 6.07) is 3.76. The van der Waals surface area contributed by atoms with Crippen LogP contribution in [0.2, 0.25) is 0 Å². The number of ether oxygens (including phenoxy) is 2. The number of nitrogen functional groups attached to an aromatic ring is 1. The molecule has 2 N–H and O–H groups in total. The summed E-state index contributed by atoms with van der Waals surface area (Å²) >= 11 is 4.93. The molecule has 0 fully saturated rings. The summed E-state index contributed by atoms with van der Waals surface area (Å²) in [7, 11) is 3.21. The van der Waals surface area contributed by atoms with E-state index in [4.69, 9.17) is 15.2 Å². The maximum atomic E-state index is 5.63. The zero-order valence-corrected chi connectivity index (χ0v) is 11.8. The minimum absolute atomic E-state index is 0.543. The molecule has 0 aliphatic carbocycles. The van der Waals surface area contributed by atoms with Gasteiger partial charge >= 0.3 is 0 Å². The molecule has 0 unspecified atom stereocenters. The molecule has 6 heteroatoms. The van der Waals surface area contributed by atoms with Crippen molar-refractivity contribution in [2.24, 2.45) is 0 Å². The molecule has 1 heterocycles. The quantitative estimate of drug-likeness (QED) is 0.945. The maximum absolute atomic E-state index is 5.63. The summed E-state index contributed by atoms with van der Waals surface area (Å²) < 4.78 is 11.4. The monoisotopic (exact) mass is 314 g/mol. The Balaban J connectivity index is 2.55. The van der Waals surface area contributed by atoms with Crippen molar-refractivity contribution < 1.29 is 9.47 Å². The number of hydrogen-bond acceptors (Lipinski definition) is 5. The molecule has 0 radical (unpaired) electrons. The number of rotatable bonds is 3. The van der Waals surface area contributed by atoms with E-state index < -0.39 is 0 Å². The van der Waals surface area contributed by atoms with E-state index in [0.717, 1.165) is 14.9 Å². The zero-order chi connectivity index (χ0) is 12.4. The second-order valence-corrected chi connectivity index (χ2v) is 5.17. The van der Waals surface area contributed by atoms with Gasteiger partial charge in [-0.15, -0.1) is 0 Å². The lowest BCUT2D eigenvalue weighted by atomic mass is 10.2. The summed E-state index contributed by atoms with van der Waals surface area (Å²) in [6.07, 6.45) is 1.74. The van der Waals surface area contributed by atoms with Crippen LogP contribution in [0.5, 0.6) is 11.5 Å². The van der Waals surface area contributed by atoms with Gasteiger partial charge in [0.15, 0.2) is 16.6 Å². The van der Waals surface area contributed by atoms with E-state index >= 15 is 0 Å². The molecule has 0 saturated carbocycles. The number of aromatic nitrogens is 1. The third-order valence-electron chi connectivity index (χ3n) is 2.26. The Morgan fingerprint density at radius 3 is 2.41 bits per heavy atom. The molecule has 0 aliphatic rings. The van der Waals surface area contributed by atoms with Crippen LogP contribution < -0.4 is 15.2 Å². The van der Waals surface area contributed by atoms with Gasteiger partial charge in [0.05, 0.1) is 19.1 Å². The predicted octanol–water partition coefficient (Wildman–Crippen LogP) is 3.17. The first-order chi connectivity index (χ1) is 8.15. The Kier molecular flexibility index (Phi) is 3.54. The lowest BCUT2D eigenvalue weighted by molar-refractivity contribution is 0.355. The number of benzene rings is 1. The molecule has 0 spiro atoms. The standard InChI is InChI=1S/C11H11BrN2O2S/c1-15-8-3-6(7(12)4-9(8)16-2)10-5-14-11(13)17-10/h3-5H,1-2H3,(H2,13,14). The number of thiazole rings is 1. The van der Waals surface area contributed by atoms with Gasteiger partial charge in [0, 0.05) is 16.2 Å². The third kappa shape index (κ3) is 2.37. The van der Waals surface area contributed by atoms with Crippen molar-refractivity contribution in [2.45, 2.75) is 0 Å². The van der Waals surface area contributed by atoms with E-state index in [1.165, 1.54) is 11.3 Å². The first-order valence-electron chi connectivity index (χ1n) is 4.79. The Bertz CT molecular complexity index is 542. The van der Waals surface area contributed by atoms with E-state index in [9.17, 15) is 0 Å². The highest BCUT2D eigenvalue weighted by molar-refractivity contribution is 9.10. The molecule has 17 heavy (non-hydrogen) atoms. The molecule has 90 valence electrons. The van der Waals surface area contributed by atoms with E-state index in [-0.39, 0.29) is 0 Å². The maximum Gasteiger partial charge on any atom is 0.180 e. The van der Waals surface area contributed by atoms with Crippen LogP contribution in [0.15, 0.2) is 22.8 Å². The Labute approximate surface area is 112 Å². The molecule has 0 atom stereocenters. The van der Waals surface area contributed by atoms with Gasteiger partial charge in [0.2, 0.25) is 0 Å². The molecule has 4 nitrogen and oxygen atoms in total. The SMILES string of the molecule is COc1cc(Br)c(-c2cnc(N)s2)cc1OC. The van der Waals surface area contributed by atoms with Crippen molar-refractivity contribution in [1.82, 2.24) is 4.98 Å². The van der Waals surface area contributed by atoms with Crippen molar-refractivity contribution in [3.8, 4) is 21.9 Å². The average molecular weight is 315 g/mol. The second-order valence-electron chi connectivity index (χ2n) is 3.25. The minimum atomic E-state index is 0.543. The molecule has 0 aliphatic heterocycles. The lowest BCUT2D eigenvalue weighted by Crippen LogP contribution is -1.91. The van der Waals surface area contributed by atoms with Crippen LogP contribution in [0.1, 0.15) is 0 Å². The third-order valence-corrected chi connectivity index (χ3v) is 3.78. The van der Waals surface area contributed by atoms with E-state index in [0.29, 0.717) is 16.6 Å². The minimum Gasteiger partial charge on any atom is -0.493 e. The zero-order valence-electron chi connectivity index (χ0n) is 9.36. The van der Waals surface area contributed by atoms with Gasteiger partial charge in [0.25, 0.3) is 0 Å². The highest BCUT2D eigenvalue weighted by Gasteiger charge is 2.12. The smallest absolute Gasteiger partial charge is 0.180 e. The summed E-state index contributed by atoms with van der Waals surface area (Å²) in [4.78, 5) is 5.02. The number of halogens is 1. The van der Waals surface area contributed by atoms with Gasteiger partial charge in [0.1, 0.15) is 0 Å². The largest absolute Gasteiger partial charge is 0.493 e. The lowest BCUT2D eigenvalue weighted by Gasteiger charge is -2.10. The number of methoxy groups -OCH3 is 2. The van der Waals surface area contributed by atoms with Crippen LogP contribution in [0.4, 0.5) is 5.13 Å². The van der Waals surface area contributed by atoms with Crippen LogP contribution in [0.25, 0.3) is 10.4 Å². The number of anilines is 1. The molecule has 0 amide bonds. The molecule has 0 saturated heterocycles. The van der Waals surface area contributed by atoms with E-state index in [2.05, 4.69) is 20.9 Å². The first-order valence-corrected chi connectivity index (χ1v) is 6.40. The highest BCUT2D eigenvalue weighted by atomic mass is 79.9. The fourth-order valence-electron chi connectivity index (χ4n) is 1.46. The van der Waals surface area contributed by atoms with E-state index in [1.54, 1.807) is 20.4 Å². The fourth-order valence-corrected chi connectivity index (χ4v) is 2.84. The van der Waals surface area contributed by atoms with Crippen molar-refractivity contribution in [3.63, 3.8) is 0 Å². The molecule has 1 aromatic carbocycles. The van der Waals surface area contributed by atoms with Gasteiger partial charge in [-0.25, -0.2) is 4.98 Å². The van der Waals surface area contributed by atoms with Gasteiger partial charge < -0.3 is 15.2 Å². The van der Waals surface area contributed by atoms with Crippen molar-refractivity contribution in [3.05, 3.63) is 22.8 Å². The summed E-state index contributed by atoms with van der Waals surface area (Å²) in [5.74, 6) is 1.36. The number of nitrogens with two attached hydrogens (primary N) is 1. The molecule has 2 aromatic rings. The average Bonchev–Trinajstić information content (AvgIpc) is 2.75. The number of hydrogen-bond donors (Lipinski definition) is 1. The molecule has 0 bridgehead atoms. The van der Waals surface area contributed by atoms with Crippen molar-refractivity contribution >= 4 is 32.4 Å². The van der Waals surface area contributed by atoms with Crippen LogP contribution in [0, 0.1) is 0 Å². The van der Waals surface area contributed by atoms with Crippen LogP contribution in [0.3, 0.4) is 0 Å². The predicted molar refractivity (Wildman–Crippen MR) is 72.8 cm³/mol. The van der Waals surface area contributed by atoms with Crippen LogP contribution in [-0.4, -0.2) is 19.2 Å². The fraction of sp³-hybridized carbons (Fsp3) is 0.182. The molecule has 2 rings (SSSR count). The Morgan fingerprint density at radius 2 is 1.88 bits per heavy atom. The van der Waals surface area contributed by atoms with Crippen LogP contribution >= 0.6 is 27.3 Å². The van der Waals surface area contributed by atoms with Crippen molar-refractivity contribution in [2.75, 3.05) is 20.0 Å². The van der Waals surface area contributed by atoms with Gasteiger partial charge in [-0.1, -0.05) is 11.3 Å². The Morgan fingerprint density at radius 1 is 1.24 bits per heavy atom. The number of nitrogens with zero attached hydrogens (tertiary/aromatic N) is 1. The van der Waals surface area contributed by atoms with Crippen LogP contribution in [-0.2, 0) is 0 Å². The summed E-state index contributed by atoms with van der Waals surface area (Å²) in [5, 5.41) is 0.543. The first kappa shape index (κ1) is 12.2. The topological polar surface area (TPSA) is 57.4 Å².